The molecule has 2 aromatic carbocycles. The molecule has 8 heteroatoms. The zero-order chi connectivity index (χ0) is 19.1. The van der Waals surface area contributed by atoms with E-state index in [1.165, 1.54) is 18.2 Å². The molecule has 2 aromatic rings. The lowest BCUT2D eigenvalue weighted by molar-refractivity contribution is -0.137. The maximum atomic E-state index is 13.1. The molecule has 0 amide bonds. The van der Waals surface area contributed by atoms with Crippen molar-refractivity contribution in [1.82, 2.24) is 0 Å². The number of hydrogen-bond acceptors (Lipinski definition) is 3. The summed E-state index contributed by atoms with van der Waals surface area (Å²) in [6.45, 7) is 1.21. The zero-order valence-corrected chi connectivity index (χ0v) is 14.4. The molecule has 0 saturated carbocycles. The van der Waals surface area contributed by atoms with Gasteiger partial charge in [-0.15, -0.1) is 0 Å². The van der Waals surface area contributed by atoms with Crippen LogP contribution in [0.1, 0.15) is 16.7 Å². The van der Waals surface area contributed by atoms with Crippen LogP contribution in [0.15, 0.2) is 53.4 Å². The first-order chi connectivity index (χ1) is 12.1. The zero-order valence-electron chi connectivity index (χ0n) is 13.6. The molecule has 0 atom stereocenters. The van der Waals surface area contributed by atoms with Crippen LogP contribution in [0, 0.1) is 6.92 Å². The van der Waals surface area contributed by atoms with Gasteiger partial charge in [-0.25, -0.2) is 8.42 Å². The van der Waals surface area contributed by atoms with Gasteiger partial charge in [0.05, 0.1) is 22.7 Å². The smallest absolute Gasteiger partial charge is 0.293 e. The third-order valence-corrected chi connectivity index (χ3v) is 5.76. The Kier molecular flexibility index (Phi) is 4.39. The van der Waals surface area contributed by atoms with Crippen LogP contribution in [0.4, 0.5) is 18.9 Å². The van der Waals surface area contributed by atoms with E-state index in [2.05, 4.69) is 0 Å². The number of fused-ring (bicyclic) bond motifs is 1. The molecule has 26 heavy (non-hydrogen) atoms. The molecule has 136 valence electrons. The standard InChI is InChI=1S/C18H14F3NO3S/c1-12-2-8-16(9-3-12)26(24,25)22-11-15(23)7-5-13-4-6-14(10-17(13)22)18(19,20)21/h2-10H,11H2,1H3. The monoisotopic (exact) mass is 381 g/mol. The van der Waals surface area contributed by atoms with E-state index in [0.717, 1.165) is 34.1 Å². The lowest BCUT2D eigenvalue weighted by Crippen LogP contribution is -2.35. The third kappa shape index (κ3) is 3.37. The van der Waals surface area contributed by atoms with Crippen molar-refractivity contribution in [3.63, 3.8) is 0 Å². The van der Waals surface area contributed by atoms with E-state index in [1.54, 1.807) is 19.1 Å². The highest BCUT2D eigenvalue weighted by Crippen LogP contribution is 2.36. The number of aryl methyl sites for hydroxylation is 1. The topological polar surface area (TPSA) is 54.5 Å². The summed E-state index contributed by atoms with van der Waals surface area (Å²) in [6.07, 6.45) is -2.15. The first-order valence-electron chi connectivity index (χ1n) is 7.60. The highest BCUT2D eigenvalue weighted by atomic mass is 32.2. The largest absolute Gasteiger partial charge is 0.416 e. The van der Waals surface area contributed by atoms with Crippen molar-refractivity contribution >= 4 is 27.6 Å². The van der Waals surface area contributed by atoms with Crippen LogP contribution in [-0.2, 0) is 21.0 Å². The summed E-state index contributed by atoms with van der Waals surface area (Å²) in [4.78, 5) is 11.9. The molecule has 0 saturated heterocycles. The molecule has 0 aromatic heterocycles. The average Bonchev–Trinajstić information content (AvgIpc) is 2.74. The lowest BCUT2D eigenvalue weighted by atomic mass is 10.1. The van der Waals surface area contributed by atoms with Crippen LogP contribution in [-0.4, -0.2) is 20.7 Å². The highest BCUT2D eigenvalue weighted by molar-refractivity contribution is 7.92. The SMILES string of the molecule is Cc1ccc(S(=O)(=O)N2CC(=O)C=Cc3ccc(C(F)(F)F)cc32)cc1. The number of hydrogen-bond donors (Lipinski definition) is 0. The number of nitrogens with zero attached hydrogens (tertiary/aromatic N) is 1. The van der Waals surface area contributed by atoms with Gasteiger partial charge in [-0.05, 0) is 48.9 Å². The molecule has 0 N–H and O–H groups in total. The van der Waals surface area contributed by atoms with Gasteiger partial charge in [0, 0.05) is 0 Å². The molecule has 4 nitrogen and oxygen atoms in total. The maximum Gasteiger partial charge on any atom is 0.416 e. The highest BCUT2D eigenvalue weighted by Gasteiger charge is 2.34. The van der Waals surface area contributed by atoms with Gasteiger partial charge in [-0.3, -0.25) is 9.10 Å². The number of carbonyl (C=O) groups is 1. The molecule has 1 aliphatic rings. The van der Waals surface area contributed by atoms with E-state index in [1.807, 2.05) is 0 Å². The molecule has 0 fully saturated rings. The second kappa shape index (κ2) is 6.28. The maximum absolute atomic E-state index is 13.1. The molecule has 1 heterocycles. The molecule has 0 aliphatic carbocycles. The fourth-order valence-electron chi connectivity index (χ4n) is 2.59. The number of sulfonamides is 1. The summed E-state index contributed by atoms with van der Waals surface area (Å²) in [6, 6.07) is 8.65. The third-order valence-electron chi connectivity index (χ3n) is 3.98. The van der Waals surface area contributed by atoms with Gasteiger partial charge in [0.2, 0.25) is 0 Å². The molecule has 0 bridgehead atoms. The average molecular weight is 381 g/mol. The van der Waals surface area contributed by atoms with Crippen LogP contribution >= 0.6 is 0 Å². The summed E-state index contributed by atoms with van der Waals surface area (Å²) in [7, 11) is -4.21. The van der Waals surface area contributed by atoms with Gasteiger partial charge in [0.1, 0.15) is 0 Å². The van der Waals surface area contributed by atoms with Crippen LogP contribution < -0.4 is 4.31 Å². The Bertz CT molecular complexity index is 993. The van der Waals surface area contributed by atoms with Gasteiger partial charge in [0.15, 0.2) is 5.78 Å². The molecule has 0 unspecified atom stereocenters. The minimum Gasteiger partial charge on any atom is -0.293 e. The fraction of sp³-hybridized carbons (Fsp3) is 0.167. The Morgan fingerprint density at radius 2 is 1.65 bits per heavy atom. The summed E-state index contributed by atoms with van der Waals surface area (Å²) in [5, 5.41) is 0. The summed E-state index contributed by atoms with van der Waals surface area (Å²) in [5.74, 6) is -0.523. The van der Waals surface area contributed by atoms with Crippen molar-refractivity contribution in [2.75, 3.05) is 10.8 Å². The first kappa shape index (κ1) is 18.2. The number of benzene rings is 2. The number of ketones is 1. The Labute approximate surface area is 148 Å². The molecule has 0 spiro atoms. The molecule has 0 radical (unpaired) electrons. The van der Waals surface area contributed by atoms with Gasteiger partial charge in [0.25, 0.3) is 10.0 Å². The Morgan fingerprint density at radius 3 is 2.27 bits per heavy atom. The Hall–Kier alpha value is -2.61. The van der Waals surface area contributed by atoms with E-state index in [9.17, 15) is 26.4 Å². The van der Waals surface area contributed by atoms with Crippen molar-refractivity contribution in [3.8, 4) is 0 Å². The van der Waals surface area contributed by atoms with E-state index in [4.69, 9.17) is 0 Å². The number of alkyl halides is 3. The van der Waals surface area contributed by atoms with Crippen molar-refractivity contribution in [2.45, 2.75) is 18.0 Å². The number of halogens is 3. The van der Waals surface area contributed by atoms with Gasteiger partial charge < -0.3 is 0 Å². The summed E-state index contributed by atoms with van der Waals surface area (Å²) >= 11 is 0. The second-order valence-electron chi connectivity index (χ2n) is 5.90. The minimum atomic E-state index is -4.63. The Balaban J connectivity index is 2.19. The molecular formula is C18H14F3NO3S. The summed E-state index contributed by atoms with van der Waals surface area (Å²) in [5.41, 5.74) is -0.109. The lowest BCUT2D eigenvalue weighted by Gasteiger charge is -2.25. The van der Waals surface area contributed by atoms with Gasteiger partial charge in [-0.1, -0.05) is 23.8 Å². The van der Waals surface area contributed by atoms with Gasteiger partial charge >= 0.3 is 6.18 Å². The van der Waals surface area contributed by atoms with Crippen LogP contribution in [0.25, 0.3) is 6.08 Å². The van der Waals surface area contributed by atoms with Crippen molar-refractivity contribution < 1.29 is 26.4 Å². The van der Waals surface area contributed by atoms with E-state index < -0.39 is 34.1 Å². The quantitative estimate of drug-likeness (QED) is 0.795. The van der Waals surface area contributed by atoms with Gasteiger partial charge in [-0.2, -0.15) is 13.2 Å². The molecule has 1 aliphatic heterocycles. The molecular weight excluding hydrogens is 367 g/mol. The second-order valence-corrected chi connectivity index (χ2v) is 7.76. The van der Waals surface area contributed by atoms with Crippen LogP contribution in [0.2, 0.25) is 0 Å². The van der Waals surface area contributed by atoms with Crippen molar-refractivity contribution in [2.24, 2.45) is 0 Å². The Morgan fingerprint density at radius 1 is 1.00 bits per heavy atom. The number of anilines is 1. The molecule has 3 rings (SSSR count). The predicted octanol–water partition coefficient (Wildman–Crippen LogP) is 3.81. The predicted molar refractivity (Wildman–Crippen MR) is 91.2 cm³/mol. The number of carbonyl (C=O) groups excluding carboxylic acids is 1. The van der Waals surface area contributed by atoms with Crippen LogP contribution in [0.5, 0.6) is 0 Å². The fourth-order valence-corrected chi connectivity index (χ4v) is 4.04. The normalized spacial score (nSPS) is 14.9. The van der Waals surface area contributed by atoms with Crippen LogP contribution in [0.3, 0.4) is 0 Å². The van der Waals surface area contributed by atoms with E-state index in [0.29, 0.717) is 0 Å². The van der Waals surface area contributed by atoms with Crippen molar-refractivity contribution in [1.29, 1.82) is 0 Å². The van der Waals surface area contributed by atoms with E-state index >= 15 is 0 Å². The van der Waals surface area contributed by atoms with E-state index in [-0.39, 0.29) is 16.1 Å². The number of rotatable bonds is 2. The minimum absolute atomic E-state index is 0.0961. The van der Waals surface area contributed by atoms with Crippen molar-refractivity contribution in [3.05, 3.63) is 65.2 Å². The first-order valence-corrected chi connectivity index (χ1v) is 9.04. The summed E-state index contributed by atoms with van der Waals surface area (Å²) < 4.78 is 65.9.